The second-order valence-electron chi connectivity index (χ2n) is 6.11. The van der Waals surface area contributed by atoms with Crippen molar-refractivity contribution in [2.45, 2.75) is 31.9 Å². The summed E-state index contributed by atoms with van der Waals surface area (Å²) in [4.78, 5) is 48.5. The minimum Gasteiger partial charge on any atom is -0.442 e. The molecule has 1 heterocycles. The summed E-state index contributed by atoms with van der Waals surface area (Å²) < 4.78 is 5.01. The van der Waals surface area contributed by atoms with Crippen LogP contribution in [0.15, 0.2) is 30.3 Å². The van der Waals surface area contributed by atoms with Gasteiger partial charge in [-0.05, 0) is 26.3 Å². The first-order valence-electron chi connectivity index (χ1n) is 7.03. The van der Waals surface area contributed by atoms with Crippen molar-refractivity contribution in [3.8, 4) is 0 Å². The molecule has 1 fully saturated rings. The smallest absolute Gasteiger partial charge is 0.436 e. The summed E-state index contributed by atoms with van der Waals surface area (Å²) in [5, 5.41) is 14.0. The molecule has 1 aromatic carbocycles. The molecule has 0 saturated carbocycles. The number of hydroxylamine groups is 2. The van der Waals surface area contributed by atoms with Crippen LogP contribution >= 0.6 is 0 Å². The minimum absolute atomic E-state index is 0.0131. The normalized spacial score (nSPS) is 16.9. The molecule has 0 unspecified atom stereocenters. The van der Waals surface area contributed by atoms with Crippen molar-refractivity contribution in [2.75, 3.05) is 0 Å². The Kier molecular flexibility index (Phi) is 4.30. The van der Waals surface area contributed by atoms with Gasteiger partial charge in [-0.15, -0.1) is 0 Å². The number of carbonyl (C=O) groups is 4. The predicted molar refractivity (Wildman–Crippen MR) is 79.7 cm³/mol. The van der Waals surface area contributed by atoms with Gasteiger partial charge < -0.3 is 4.74 Å². The van der Waals surface area contributed by atoms with Crippen molar-refractivity contribution in [1.82, 2.24) is 15.7 Å². The zero-order valence-electron chi connectivity index (χ0n) is 13.3. The molecule has 0 bridgehead atoms. The molecule has 1 aromatic rings. The maximum Gasteiger partial charge on any atom is 0.436 e. The van der Waals surface area contributed by atoms with Gasteiger partial charge >= 0.3 is 12.1 Å². The van der Waals surface area contributed by atoms with Crippen molar-refractivity contribution in [2.24, 2.45) is 0 Å². The fourth-order valence-corrected chi connectivity index (χ4v) is 2.22. The molecular formula is C15H17N3O6. The number of ether oxygens (including phenoxy) is 1. The number of benzene rings is 1. The Morgan fingerprint density at radius 2 is 1.58 bits per heavy atom. The predicted octanol–water partition coefficient (Wildman–Crippen LogP) is 0.874. The maximum absolute atomic E-state index is 12.4. The Balaban J connectivity index is 2.56. The van der Waals surface area contributed by atoms with Crippen molar-refractivity contribution in [3.63, 3.8) is 0 Å². The quantitative estimate of drug-likeness (QED) is 0.418. The highest BCUT2D eigenvalue weighted by Crippen LogP contribution is 2.31. The van der Waals surface area contributed by atoms with Gasteiger partial charge in [-0.25, -0.2) is 9.59 Å². The number of hydrogen-bond donors (Lipinski definition) is 3. The van der Waals surface area contributed by atoms with Crippen LogP contribution in [-0.4, -0.2) is 39.8 Å². The Morgan fingerprint density at radius 3 is 2.04 bits per heavy atom. The fourth-order valence-electron chi connectivity index (χ4n) is 2.22. The van der Waals surface area contributed by atoms with E-state index in [9.17, 15) is 24.4 Å². The van der Waals surface area contributed by atoms with Crippen LogP contribution in [0.1, 0.15) is 26.3 Å². The number of barbiturate groups is 1. The molecule has 9 heteroatoms. The maximum atomic E-state index is 12.4. The molecule has 24 heavy (non-hydrogen) atoms. The van der Waals surface area contributed by atoms with Crippen LogP contribution in [0.3, 0.4) is 0 Å². The molecule has 128 valence electrons. The Bertz CT molecular complexity index is 675. The molecule has 0 aliphatic carbocycles. The topological polar surface area (TPSA) is 125 Å². The third-order valence-electron chi connectivity index (χ3n) is 3.19. The highest BCUT2D eigenvalue weighted by Gasteiger charge is 2.59. The van der Waals surface area contributed by atoms with Gasteiger partial charge in [0, 0.05) is 0 Å². The number of imide groups is 2. The summed E-state index contributed by atoms with van der Waals surface area (Å²) in [6.07, 6.45) is -1.31. The fraction of sp³-hybridized carbons (Fsp3) is 0.333. The second kappa shape index (κ2) is 5.93. The van der Waals surface area contributed by atoms with Crippen LogP contribution in [0.5, 0.6) is 0 Å². The summed E-state index contributed by atoms with van der Waals surface area (Å²) >= 11 is 0. The highest BCUT2D eigenvalue weighted by molar-refractivity contribution is 6.23. The third-order valence-corrected chi connectivity index (χ3v) is 3.19. The zero-order valence-corrected chi connectivity index (χ0v) is 13.3. The molecule has 9 nitrogen and oxygen atoms in total. The summed E-state index contributed by atoms with van der Waals surface area (Å²) in [5.74, 6) is -2.34. The van der Waals surface area contributed by atoms with E-state index >= 15 is 0 Å². The average molecular weight is 335 g/mol. The molecule has 2 rings (SSSR count). The van der Waals surface area contributed by atoms with Gasteiger partial charge in [-0.1, -0.05) is 30.3 Å². The van der Waals surface area contributed by atoms with Crippen LogP contribution in [0, 0.1) is 0 Å². The standard InChI is InChI=1S/C15H17N3O6/c1-14(2,3)24-13(22)18(23)15(9-7-5-4-6-8-9)10(19)16-12(21)17-11(15)20/h4-8,23H,1-3H3,(H2,16,17,19,20,21). The number of nitrogens with one attached hydrogen (secondary N) is 2. The largest absolute Gasteiger partial charge is 0.442 e. The summed E-state index contributed by atoms with van der Waals surface area (Å²) in [5.41, 5.74) is -3.48. The monoisotopic (exact) mass is 335 g/mol. The van der Waals surface area contributed by atoms with Gasteiger partial charge in [0.2, 0.25) is 0 Å². The first-order valence-corrected chi connectivity index (χ1v) is 7.03. The molecule has 1 saturated heterocycles. The first-order chi connectivity index (χ1) is 11.1. The van der Waals surface area contributed by atoms with Gasteiger partial charge in [-0.3, -0.25) is 25.4 Å². The number of urea groups is 1. The lowest BCUT2D eigenvalue weighted by molar-refractivity contribution is -0.185. The van der Waals surface area contributed by atoms with E-state index in [-0.39, 0.29) is 10.6 Å². The number of hydrogen-bond acceptors (Lipinski definition) is 6. The van der Waals surface area contributed by atoms with E-state index in [0.29, 0.717) is 0 Å². The molecule has 3 N–H and O–H groups in total. The van der Waals surface area contributed by atoms with Gasteiger partial charge in [0.15, 0.2) is 0 Å². The van der Waals surface area contributed by atoms with Crippen LogP contribution in [0.25, 0.3) is 0 Å². The van der Waals surface area contributed by atoms with E-state index in [1.54, 1.807) is 26.8 Å². The van der Waals surface area contributed by atoms with Crippen LogP contribution in [0.2, 0.25) is 0 Å². The lowest BCUT2D eigenvalue weighted by atomic mass is 9.86. The lowest BCUT2D eigenvalue weighted by Crippen LogP contribution is -2.71. The SMILES string of the molecule is CC(C)(C)OC(=O)N(O)C1(c2ccccc2)C(=O)NC(=O)NC1=O. The summed E-state index contributed by atoms with van der Waals surface area (Å²) in [7, 11) is 0. The second-order valence-corrected chi connectivity index (χ2v) is 6.11. The Labute approximate surface area is 137 Å². The number of carbonyl (C=O) groups excluding carboxylic acids is 4. The summed E-state index contributed by atoms with van der Waals surface area (Å²) in [6, 6.07) is 6.32. The first kappa shape index (κ1) is 17.4. The molecular weight excluding hydrogens is 318 g/mol. The van der Waals surface area contributed by atoms with Crippen LogP contribution in [0.4, 0.5) is 9.59 Å². The van der Waals surface area contributed by atoms with Gasteiger partial charge in [-0.2, -0.15) is 5.06 Å². The van der Waals surface area contributed by atoms with Crippen molar-refractivity contribution >= 4 is 23.9 Å². The molecule has 0 atom stereocenters. The molecule has 1 aliphatic rings. The van der Waals surface area contributed by atoms with E-state index in [1.807, 2.05) is 10.6 Å². The molecule has 0 spiro atoms. The lowest BCUT2D eigenvalue weighted by Gasteiger charge is -2.39. The number of nitrogens with zero attached hydrogens (tertiary/aromatic N) is 1. The average Bonchev–Trinajstić information content (AvgIpc) is 2.46. The van der Waals surface area contributed by atoms with E-state index in [0.717, 1.165) is 0 Å². The highest BCUT2D eigenvalue weighted by atomic mass is 16.6. The third kappa shape index (κ3) is 2.93. The van der Waals surface area contributed by atoms with Gasteiger partial charge in [0.05, 0.1) is 0 Å². The Hall–Kier alpha value is -2.94. The molecule has 5 amide bonds. The van der Waals surface area contributed by atoms with Crippen molar-refractivity contribution < 1.29 is 29.1 Å². The number of rotatable bonds is 2. The van der Waals surface area contributed by atoms with E-state index < -0.39 is 35.1 Å². The molecule has 0 aromatic heterocycles. The Morgan fingerprint density at radius 1 is 1.08 bits per heavy atom. The van der Waals surface area contributed by atoms with Gasteiger partial charge in [0.1, 0.15) is 5.60 Å². The van der Waals surface area contributed by atoms with Crippen molar-refractivity contribution in [1.29, 1.82) is 0 Å². The van der Waals surface area contributed by atoms with E-state index in [4.69, 9.17) is 4.74 Å². The van der Waals surface area contributed by atoms with E-state index in [2.05, 4.69) is 0 Å². The molecule has 1 aliphatic heterocycles. The molecule has 0 radical (unpaired) electrons. The van der Waals surface area contributed by atoms with Crippen molar-refractivity contribution in [3.05, 3.63) is 35.9 Å². The zero-order chi connectivity index (χ0) is 18.1. The van der Waals surface area contributed by atoms with Crippen LogP contribution in [-0.2, 0) is 19.9 Å². The van der Waals surface area contributed by atoms with Gasteiger partial charge in [0.25, 0.3) is 17.4 Å². The van der Waals surface area contributed by atoms with Crippen LogP contribution < -0.4 is 10.6 Å². The minimum atomic E-state index is -2.49. The van der Waals surface area contributed by atoms with E-state index in [1.165, 1.54) is 24.3 Å². The summed E-state index contributed by atoms with van der Waals surface area (Å²) in [6.45, 7) is 4.66. The number of amides is 5.